The van der Waals surface area contributed by atoms with Gasteiger partial charge in [-0.2, -0.15) is 0 Å². The van der Waals surface area contributed by atoms with E-state index in [9.17, 15) is 9.59 Å². The van der Waals surface area contributed by atoms with Crippen LogP contribution in [-0.2, 0) is 20.7 Å². The first-order chi connectivity index (χ1) is 11.3. The van der Waals surface area contributed by atoms with Crippen molar-refractivity contribution in [3.8, 4) is 11.5 Å². The number of para-hydroxylation sites is 1. The van der Waals surface area contributed by atoms with Crippen molar-refractivity contribution in [3.63, 3.8) is 0 Å². The molecule has 0 saturated heterocycles. The van der Waals surface area contributed by atoms with Gasteiger partial charge < -0.3 is 19.5 Å². The summed E-state index contributed by atoms with van der Waals surface area (Å²) in [6, 6.07) is 5.86. The van der Waals surface area contributed by atoms with E-state index in [0.717, 1.165) is 24.8 Å². The van der Waals surface area contributed by atoms with Gasteiger partial charge in [0, 0.05) is 18.0 Å². The maximum absolute atomic E-state index is 11.9. The number of ether oxygens (including phenoxy) is 3. The van der Waals surface area contributed by atoms with E-state index >= 15 is 0 Å². The Labute approximate surface area is 141 Å². The van der Waals surface area contributed by atoms with Crippen molar-refractivity contribution < 1.29 is 23.8 Å². The van der Waals surface area contributed by atoms with Gasteiger partial charge >= 0.3 is 5.97 Å². The number of carbonyl (C=O) groups excluding carboxylic acids is 2. The van der Waals surface area contributed by atoms with Gasteiger partial charge in [0.05, 0.1) is 0 Å². The van der Waals surface area contributed by atoms with Crippen LogP contribution in [0.1, 0.15) is 39.2 Å². The molecule has 6 nitrogen and oxygen atoms in total. The Kier molecular flexibility index (Phi) is 4.39. The van der Waals surface area contributed by atoms with Gasteiger partial charge in [-0.3, -0.25) is 4.79 Å². The van der Waals surface area contributed by atoms with Gasteiger partial charge in [0.15, 0.2) is 24.2 Å². The van der Waals surface area contributed by atoms with E-state index in [1.165, 1.54) is 0 Å². The highest BCUT2D eigenvalue weighted by molar-refractivity contribution is 5.84. The van der Waals surface area contributed by atoms with Gasteiger partial charge in [-0.1, -0.05) is 12.1 Å². The number of hydrogen-bond acceptors (Lipinski definition) is 5. The van der Waals surface area contributed by atoms with Crippen molar-refractivity contribution >= 4 is 11.9 Å². The second-order valence-corrected chi connectivity index (χ2v) is 6.99. The van der Waals surface area contributed by atoms with Crippen LogP contribution in [0.25, 0.3) is 0 Å². The maximum Gasteiger partial charge on any atom is 0.344 e. The molecular weight excluding hydrogens is 310 g/mol. The summed E-state index contributed by atoms with van der Waals surface area (Å²) in [5.74, 6) is 0.347. The van der Waals surface area contributed by atoms with Crippen LogP contribution in [0.3, 0.4) is 0 Å². The number of benzene rings is 1. The summed E-state index contributed by atoms with van der Waals surface area (Å²) in [7, 11) is 0. The molecule has 1 aliphatic carbocycles. The molecule has 1 aliphatic heterocycles. The Hall–Kier alpha value is -2.24. The van der Waals surface area contributed by atoms with Crippen LogP contribution in [-0.4, -0.2) is 36.2 Å². The van der Waals surface area contributed by atoms with Crippen LogP contribution in [0.15, 0.2) is 18.2 Å². The molecule has 24 heavy (non-hydrogen) atoms. The summed E-state index contributed by atoms with van der Waals surface area (Å²) in [6.07, 6.45) is 1.96. The fourth-order valence-corrected chi connectivity index (χ4v) is 2.67. The van der Waals surface area contributed by atoms with Crippen molar-refractivity contribution in [1.82, 2.24) is 5.32 Å². The van der Waals surface area contributed by atoms with Crippen molar-refractivity contribution in [1.29, 1.82) is 0 Å². The summed E-state index contributed by atoms with van der Waals surface area (Å²) in [5, 5.41) is 2.80. The number of nitrogens with one attached hydrogen (secondary N) is 1. The normalized spacial score (nSPS) is 19.0. The summed E-state index contributed by atoms with van der Waals surface area (Å²) in [5.41, 5.74) is 0.778. The molecule has 6 heteroatoms. The second kappa shape index (κ2) is 6.34. The fourth-order valence-electron chi connectivity index (χ4n) is 2.67. The molecule has 0 radical (unpaired) electrons. The van der Waals surface area contributed by atoms with Crippen molar-refractivity contribution in [2.75, 3.05) is 6.61 Å². The molecule has 0 aromatic heterocycles. The summed E-state index contributed by atoms with van der Waals surface area (Å²) < 4.78 is 16.5. The zero-order valence-electron chi connectivity index (χ0n) is 14.3. The van der Waals surface area contributed by atoms with E-state index in [-0.39, 0.29) is 24.2 Å². The molecule has 1 saturated carbocycles. The fraction of sp³-hybridized carbons (Fsp3) is 0.556. The van der Waals surface area contributed by atoms with E-state index in [2.05, 4.69) is 5.32 Å². The van der Waals surface area contributed by atoms with Crippen LogP contribution < -0.4 is 14.8 Å². The number of rotatable bonds is 6. The quantitative estimate of drug-likeness (QED) is 0.806. The molecule has 0 bridgehead atoms. The topological polar surface area (TPSA) is 73.9 Å². The van der Waals surface area contributed by atoms with Gasteiger partial charge in [-0.15, -0.1) is 0 Å². The van der Waals surface area contributed by atoms with Crippen molar-refractivity contribution in [2.24, 2.45) is 0 Å². The molecular formula is C18H23NO5. The third kappa shape index (κ3) is 3.99. The van der Waals surface area contributed by atoms with Crippen LogP contribution in [0.5, 0.6) is 11.5 Å². The minimum absolute atomic E-state index is 0.238. The lowest BCUT2D eigenvalue weighted by atomic mass is 10.0. The van der Waals surface area contributed by atoms with Gasteiger partial charge in [0.2, 0.25) is 0 Å². The first-order valence-electron chi connectivity index (χ1n) is 8.27. The van der Waals surface area contributed by atoms with Crippen molar-refractivity contribution in [2.45, 2.75) is 57.8 Å². The van der Waals surface area contributed by atoms with Crippen LogP contribution in [0.4, 0.5) is 0 Å². The smallest absolute Gasteiger partial charge is 0.344 e. The lowest BCUT2D eigenvalue weighted by molar-refractivity contribution is -0.156. The highest BCUT2D eigenvalue weighted by Crippen LogP contribution is 2.41. The molecule has 2 aliphatic rings. The third-order valence-corrected chi connectivity index (χ3v) is 4.00. The molecule has 1 atom stereocenters. The summed E-state index contributed by atoms with van der Waals surface area (Å²) in [6.45, 7) is 5.30. The maximum atomic E-state index is 11.9. The lowest BCUT2D eigenvalue weighted by Crippen LogP contribution is -2.37. The third-order valence-electron chi connectivity index (χ3n) is 4.00. The zero-order chi connectivity index (χ0) is 17.3. The van der Waals surface area contributed by atoms with Crippen LogP contribution in [0.2, 0.25) is 0 Å². The molecule has 1 fully saturated rings. The largest absolute Gasteiger partial charge is 0.483 e. The molecule has 1 heterocycles. The minimum Gasteiger partial charge on any atom is -0.483 e. The molecule has 0 spiro atoms. The molecule has 0 unspecified atom stereocenters. The molecule has 1 aromatic carbocycles. The highest BCUT2D eigenvalue weighted by atomic mass is 16.6. The molecule has 1 amide bonds. The standard InChI is InChI=1S/C18H23NO5/c1-11(17(21)19-13-7-8-13)23-15(20)10-22-14-6-4-5-12-9-18(2,3)24-16(12)14/h4-6,11,13H,7-10H2,1-3H3,(H,19,21)/t11-/m1/s1. The molecule has 1 aromatic rings. The highest BCUT2D eigenvalue weighted by Gasteiger charge is 2.32. The van der Waals surface area contributed by atoms with E-state index in [4.69, 9.17) is 14.2 Å². The van der Waals surface area contributed by atoms with E-state index in [1.807, 2.05) is 26.0 Å². The Morgan fingerprint density at radius 1 is 1.38 bits per heavy atom. The van der Waals surface area contributed by atoms with E-state index < -0.39 is 12.1 Å². The van der Waals surface area contributed by atoms with Crippen LogP contribution in [0, 0.1) is 0 Å². The first-order valence-corrected chi connectivity index (χ1v) is 8.27. The molecule has 1 N–H and O–H groups in total. The Balaban J connectivity index is 1.52. The molecule has 130 valence electrons. The first kappa shape index (κ1) is 16.6. The predicted octanol–water partition coefficient (Wildman–Crippen LogP) is 1.99. The van der Waals surface area contributed by atoms with Gasteiger partial charge in [-0.05, 0) is 39.7 Å². The average molecular weight is 333 g/mol. The second-order valence-electron chi connectivity index (χ2n) is 6.99. The number of hydrogen-bond donors (Lipinski definition) is 1. The lowest BCUT2D eigenvalue weighted by Gasteiger charge is -2.18. The minimum atomic E-state index is -0.821. The monoisotopic (exact) mass is 333 g/mol. The number of esters is 1. The summed E-state index contributed by atoms with van der Waals surface area (Å²) >= 11 is 0. The SMILES string of the molecule is C[C@@H](OC(=O)COc1cccc2c1OC(C)(C)C2)C(=O)NC1CC1. The van der Waals surface area contributed by atoms with Crippen molar-refractivity contribution in [3.05, 3.63) is 23.8 Å². The van der Waals surface area contributed by atoms with Gasteiger partial charge in [-0.25, -0.2) is 4.79 Å². The number of carbonyl (C=O) groups is 2. The molecule has 3 rings (SSSR count). The zero-order valence-corrected chi connectivity index (χ0v) is 14.3. The van der Waals surface area contributed by atoms with Crippen LogP contribution >= 0.6 is 0 Å². The van der Waals surface area contributed by atoms with E-state index in [0.29, 0.717) is 11.5 Å². The van der Waals surface area contributed by atoms with Gasteiger partial charge in [0.1, 0.15) is 5.60 Å². The predicted molar refractivity (Wildman–Crippen MR) is 87.1 cm³/mol. The number of amides is 1. The Morgan fingerprint density at radius 3 is 2.83 bits per heavy atom. The Morgan fingerprint density at radius 2 is 2.12 bits per heavy atom. The average Bonchev–Trinajstić information content (AvgIpc) is 3.24. The summed E-state index contributed by atoms with van der Waals surface area (Å²) in [4.78, 5) is 23.7. The Bertz CT molecular complexity index is 651. The van der Waals surface area contributed by atoms with E-state index in [1.54, 1.807) is 13.0 Å². The van der Waals surface area contributed by atoms with Gasteiger partial charge in [0.25, 0.3) is 5.91 Å². The number of fused-ring (bicyclic) bond motifs is 1.